The molecule has 0 spiro atoms. The first-order chi connectivity index (χ1) is 11.5. The van der Waals surface area contributed by atoms with Crippen molar-refractivity contribution in [2.45, 2.75) is 6.61 Å². The first kappa shape index (κ1) is 18.2. The third-order valence-electron chi connectivity index (χ3n) is 3.20. The maximum Gasteiger partial charge on any atom is 0.331 e. The predicted octanol–water partition coefficient (Wildman–Crippen LogP) is 4.77. The molecular formula is C18H16Cl2O4. The normalized spacial score (nSPS) is 10.7. The summed E-state index contributed by atoms with van der Waals surface area (Å²) in [5, 5.41) is 0.877. The van der Waals surface area contributed by atoms with Gasteiger partial charge >= 0.3 is 5.97 Å². The van der Waals surface area contributed by atoms with Crippen LogP contribution in [0.3, 0.4) is 0 Å². The molecule has 0 atom stereocenters. The largest absolute Gasteiger partial charge is 0.497 e. The number of benzene rings is 2. The van der Waals surface area contributed by atoms with Crippen LogP contribution in [0.15, 0.2) is 42.5 Å². The molecule has 126 valence electrons. The molecule has 6 heteroatoms. The molecule has 0 N–H and O–H groups in total. The second-order valence-electron chi connectivity index (χ2n) is 4.80. The van der Waals surface area contributed by atoms with E-state index in [-0.39, 0.29) is 6.61 Å². The number of carbonyl (C=O) groups excluding carboxylic acids is 1. The zero-order valence-corrected chi connectivity index (χ0v) is 14.7. The van der Waals surface area contributed by atoms with Gasteiger partial charge in [-0.25, -0.2) is 4.79 Å². The fourth-order valence-corrected chi connectivity index (χ4v) is 2.27. The predicted molar refractivity (Wildman–Crippen MR) is 94.8 cm³/mol. The number of halogens is 2. The first-order valence-corrected chi connectivity index (χ1v) is 7.80. The topological polar surface area (TPSA) is 44.8 Å². The fraction of sp³-hybridized carbons (Fsp3) is 0.167. The standard InChI is InChI=1S/C18H16Cl2O4/c1-22-14-6-4-13(17(10-14)23-2)5-8-18(21)24-11-12-3-7-15(19)16(20)9-12/h3-10H,11H2,1-2H3/b8-5+. The Labute approximate surface area is 150 Å². The van der Waals surface area contributed by atoms with Gasteiger partial charge in [0.05, 0.1) is 24.3 Å². The molecule has 0 aliphatic rings. The molecule has 4 nitrogen and oxygen atoms in total. The molecule has 0 unspecified atom stereocenters. The van der Waals surface area contributed by atoms with Gasteiger partial charge in [0.2, 0.25) is 0 Å². The number of hydrogen-bond donors (Lipinski definition) is 0. The summed E-state index contributed by atoms with van der Waals surface area (Å²) in [6.07, 6.45) is 2.96. The highest BCUT2D eigenvalue weighted by molar-refractivity contribution is 6.42. The molecule has 0 fully saturated rings. The highest BCUT2D eigenvalue weighted by Gasteiger charge is 2.05. The third kappa shape index (κ3) is 4.91. The number of rotatable bonds is 6. The monoisotopic (exact) mass is 366 g/mol. The van der Waals surface area contributed by atoms with Crippen LogP contribution in [0.4, 0.5) is 0 Å². The van der Waals surface area contributed by atoms with E-state index >= 15 is 0 Å². The summed E-state index contributed by atoms with van der Waals surface area (Å²) in [6.45, 7) is 0.111. The highest BCUT2D eigenvalue weighted by atomic mass is 35.5. The van der Waals surface area contributed by atoms with Crippen LogP contribution in [0.2, 0.25) is 10.0 Å². The summed E-state index contributed by atoms with van der Waals surface area (Å²) in [5.74, 6) is 0.799. The molecule has 0 aliphatic heterocycles. The lowest BCUT2D eigenvalue weighted by Crippen LogP contribution is -2.01. The Kier molecular flexibility index (Phi) is 6.53. The average Bonchev–Trinajstić information content (AvgIpc) is 2.60. The van der Waals surface area contributed by atoms with Crippen molar-refractivity contribution in [1.29, 1.82) is 0 Å². The van der Waals surface area contributed by atoms with Crippen molar-refractivity contribution in [2.24, 2.45) is 0 Å². The minimum absolute atomic E-state index is 0.111. The van der Waals surface area contributed by atoms with Crippen molar-refractivity contribution >= 4 is 35.2 Å². The van der Waals surface area contributed by atoms with Crippen molar-refractivity contribution in [3.63, 3.8) is 0 Å². The lowest BCUT2D eigenvalue weighted by atomic mass is 10.1. The Bertz CT molecular complexity index is 757. The molecule has 2 aromatic rings. The minimum Gasteiger partial charge on any atom is -0.497 e. The maximum absolute atomic E-state index is 11.8. The number of esters is 1. The van der Waals surface area contributed by atoms with Gasteiger partial charge < -0.3 is 14.2 Å². The average molecular weight is 367 g/mol. The summed E-state index contributed by atoms with van der Waals surface area (Å²) in [7, 11) is 3.12. The summed E-state index contributed by atoms with van der Waals surface area (Å²) in [4.78, 5) is 11.8. The summed E-state index contributed by atoms with van der Waals surface area (Å²) in [6, 6.07) is 10.4. The van der Waals surface area contributed by atoms with Crippen LogP contribution < -0.4 is 9.47 Å². The molecule has 0 saturated carbocycles. The van der Waals surface area contributed by atoms with Crippen LogP contribution in [0.25, 0.3) is 6.08 Å². The molecular weight excluding hydrogens is 351 g/mol. The zero-order chi connectivity index (χ0) is 17.5. The zero-order valence-electron chi connectivity index (χ0n) is 13.2. The van der Waals surface area contributed by atoms with Gasteiger partial charge in [0.25, 0.3) is 0 Å². The van der Waals surface area contributed by atoms with Gasteiger partial charge in [0.1, 0.15) is 18.1 Å². The molecule has 0 saturated heterocycles. The molecule has 0 amide bonds. The van der Waals surface area contributed by atoms with Crippen LogP contribution in [0.1, 0.15) is 11.1 Å². The van der Waals surface area contributed by atoms with Crippen molar-refractivity contribution < 1.29 is 19.0 Å². The molecule has 0 aromatic heterocycles. The van der Waals surface area contributed by atoms with Crippen molar-refractivity contribution in [2.75, 3.05) is 14.2 Å². The van der Waals surface area contributed by atoms with E-state index < -0.39 is 5.97 Å². The number of carbonyl (C=O) groups is 1. The van der Waals surface area contributed by atoms with Crippen LogP contribution in [0, 0.1) is 0 Å². The van der Waals surface area contributed by atoms with Gasteiger partial charge in [-0.3, -0.25) is 0 Å². The van der Waals surface area contributed by atoms with E-state index in [4.69, 9.17) is 37.4 Å². The van der Waals surface area contributed by atoms with E-state index in [0.29, 0.717) is 21.5 Å². The molecule has 0 radical (unpaired) electrons. The third-order valence-corrected chi connectivity index (χ3v) is 3.94. The van der Waals surface area contributed by atoms with Gasteiger partial charge in [0.15, 0.2) is 0 Å². The van der Waals surface area contributed by atoms with E-state index in [9.17, 15) is 4.79 Å². The SMILES string of the molecule is COc1ccc(/C=C/C(=O)OCc2ccc(Cl)c(Cl)c2)c(OC)c1. The highest BCUT2D eigenvalue weighted by Crippen LogP contribution is 2.26. The quantitative estimate of drug-likeness (QED) is 0.545. The van der Waals surface area contributed by atoms with E-state index in [1.807, 2.05) is 0 Å². The Balaban J connectivity index is 1.98. The Morgan fingerprint density at radius 3 is 2.50 bits per heavy atom. The second kappa shape index (κ2) is 8.62. The van der Waals surface area contributed by atoms with Gasteiger partial charge in [-0.2, -0.15) is 0 Å². The molecule has 2 aromatic carbocycles. The smallest absolute Gasteiger partial charge is 0.331 e. The molecule has 24 heavy (non-hydrogen) atoms. The Hall–Kier alpha value is -2.17. The summed E-state index contributed by atoms with van der Waals surface area (Å²) >= 11 is 11.8. The second-order valence-corrected chi connectivity index (χ2v) is 5.61. The fourth-order valence-electron chi connectivity index (χ4n) is 1.95. The van der Waals surface area contributed by atoms with Gasteiger partial charge in [0, 0.05) is 17.7 Å². The number of ether oxygens (including phenoxy) is 3. The van der Waals surface area contributed by atoms with Crippen molar-refractivity contribution in [3.05, 3.63) is 63.6 Å². The van der Waals surface area contributed by atoms with Crippen molar-refractivity contribution in [1.82, 2.24) is 0 Å². The lowest BCUT2D eigenvalue weighted by molar-refractivity contribution is -0.138. The first-order valence-electron chi connectivity index (χ1n) is 7.04. The van der Waals surface area contributed by atoms with E-state index in [0.717, 1.165) is 11.1 Å². The van der Waals surface area contributed by atoms with Crippen LogP contribution in [0.5, 0.6) is 11.5 Å². The lowest BCUT2D eigenvalue weighted by Gasteiger charge is -2.07. The van der Waals surface area contributed by atoms with Gasteiger partial charge in [-0.05, 0) is 35.9 Å². The van der Waals surface area contributed by atoms with E-state index in [2.05, 4.69) is 0 Å². The molecule has 0 aliphatic carbocycles. The molecule has 2 rings (SSSR count). The van der Waals surface area contributed by atoms with Gasteiger partial charge in [-0.1, -0.05) is 29.3 Å². The van der Waals surface area contributed by atoms with E-state index in [1.54, 1.807) is 56.7 Å². The molecule has 0 heterocycles. The summed E-state index contributed by atoms with van der Waals surface area (Å²) in [5.41, 5.74) is 1.50. The molecule has 0 bridgehead atoms. The Morgan fingerprint density at radius 2 is 1.83 bits per heavy atom. The number of hydrogen-bond acceptors (Lipinski definition) is 4. The van der Waals surface area contributed by atoms with Crippen LogP contribution in [-0.4, -0.2) is 20.2 Å². The van der Waals surface area contributed by atoms with Crippen LogP contribution in [-0.2, 0) is 16.1 Å². The van der Waals surface area contributed by atoms with Crippen LogP contribution >= 0.6 is 23.2 Å². The summed E-state index contributed by atoms with van der Waals surface area (Å²) < 4.78 is 15.6. The Morgan fingerprint density at radius 1 is 1.04 bits per heavy atom. The van der Waals surface area contributed by atoms with Gasteiger partial charge in [-0.15, -0.1) is 0 Å². The maximum atomic E-state index is 11.8. The van der Waals surface area contributed by atoms with E-state index in [1.165, 1.54) is 6.08 Å². The minimum atomic E-state index is -0.473. The number of methoxy groups -OCH3 is 2. The van der Waals surface area contributed by atoms with Crippen molar-refractivity contribution in [3.8, 4) is 11.5 Å².